The van der Waals surface area contributed by atoms with Gasteiger partial charge in [-0.3, -0.25) is 4.79 Å². The molecular weight excluding hydrogens is 350 g/mol. The summed E-state index contributed by atoms with van der Waals surface area (Å²) in [7, 11) is 1.60. The summed E-state index contributed by atoms with van der Waals surface area (Å²) < 4.78 is 11.6. The lowest BCUT2D eigenvalue weighted by molar-refractivity contribution is -0.136. The number of carbonyl (C=O) groups excluding carboxylic acids is 1. The highest BCUT2D eigenvalue weighted by atomic mass is 16.5. The van der Waals surface area contributed by atoms with Crippen molar-refractivity contribution in [2.45, 2.75) is 65.6 Å². The number of nitrogens with one attached hydrogen (secondary N) is 1. The van der Waals surface area contributed by atoms with E-state index in [1.165, 1.54) is 0 Å². The van der Waals surface area contributed by atoms with Gasteiger partial charge in [-0.2, -0.15) is 0 Å². The Bertz CT molecular complexity index is 750. The lowest BCUT2D eigenvalue weighted by atomic mass is 9.96. The maximum Gasteiger partial charge on any atom is 0.256 e. The Morgan fingerprint density at radius 1 is 1.07 bits per heavy atom. The topological polar surface area (TPSA) is 47.6 Å². The molecule has 1 amide bonds. The van der Waals surface area contributed by atoms with Crippen LogP contribution in [0.5, 0.6) is 5.75 Å². The first-order valence-electron chi connectivity index (χ1n) is 10.0. The molecule has 0 heterocycles. The average molecular weight is 384 g/mol. The second-order valence-corrected chi connectivity index (χ2v) is 7.56. The predicted molar refractivity (Wildman–Crippen MR) is 115 cm³/mol. The first kappa shape index (κ1) is 22.0. The van der Waals surface area contributed by atoms with Gasteiger partial charge in [0.15, 0.2) is 0 Å². The SMILES string of the molecule is CCCCCC(C)(OC)C(=O)Nc1cc(C)c(OCc2ccccc2)c(C)c1. The minimum absolute atomic E-state index is 0.108. The number of anilines is 1. The molecule has 0 aliphatic carbocycles. The molecule has 2 aromatic rings. The molecule has 0 bridgehead atoms. The normalized spacial score (nSPS) is 13.0. The van der Waals surface area contributed by atoms with Crippen molar-refractivity contribution in [3.05, 3.63) is 59.2 Å². The fourth-order valence-corrected chi connectivity index (χ4v) is 3.26. The van der Waals surface area contributed by atoms with E-state index in [1.54, 1.807) is 7.11 Å². The first-order chi connectivity index (χ1) is 13.4. The summed E-state index contributed by atoms with van der Waals surface area (Å²) in [6.45, 7) is 8.53. The average Bonchev–Trinajstić information content (AvgIpc) is 2.68. The van der Waals surface area contributed by atoms with Crippen LogP contribution in [-0.4, -0.2) is 18.6 Å². The van der Waals surface area contributed by atoms with E-state index in [0.717, 1.165) is 47.4 Å². The quantitative estimate of drug-likeness (QED) is 0.527. The van der Waals surface area contributed by atoms with Crippen LogP contribution < -0.4 is 10.1 Å². The smallest absolute Gasteiger partial charge is 0.256 e. The Morgan fingerprint density at radius 3 is 2.29 bits per heavy atom. The Kier molecular flexibility index (Phi) is 8.06. The van der Waals surface area contributed by atoms with Gasteiger partial charge in [-0.15, -0.1) is 0 Å². The van der Waals surface area contributed by atoms with E-state index < -0.39 is 5.60 Å². The third kappa shape index (κ3) is 5.83. The molecular formula is C24H33NO3. The van der Waals surface area contributed by atoms with E-state index in [4.69, 9.17) is 9.47 Å². The number of rotatable bonds is 10. The summed E-state index contributed by atoms with van der Waals surface area (Å²) in [6, 6.07) is 14.0. The number of carbonyl (C=O) groups is 1. The zero-order valence-corrected chi connectivity index (χ0v) is 17.8. The largest absolute Gasteiger partial charge is 0.488 e. The van der Waals surface area contributed by atoms with Crippen molar-refractivity contribution < 1.29 is 14.3 Å². The maximum absolute atomic E-state index is 12.8. The Morgan fingerprint density at radius 2 is 1.71 bits per heavy atom. The highest BCUT2D eigenvalue weighted by molar-refractivity contribution is 5.97. The molecule has 1 atom stereocenters. The summed E-state index contributed by atoms with van der Waals surface area (Å²) >= 11 is 0. The van der Waals surface area contributed by atoms with Crippen LogP contribution in [0.25, 0.3) is 0 Å². The van der Waals surface area contributed by atoms with Crippen LogP contribution in [0, 0.1) is 13.8 Å². The number of ether oxygens (including phenoxy) is 2. The van der Waals surface area contributed by atoms with Crippen molar-refractivity contribution in [3.63, 3.8) is 0 Å². The first-order valence-corrected chi connectivity index (χ1v) is 10.0. The van der Waals surface area contributed by atoms with Crippen molar-refractivity contribution >= 4 is 11.6 Å². The number of aryl methyl sites for hydroxylation is 2. The minimum Gasteiger partial charge on any atom is -0.488 e. The molecule has 28 heavy (non-hydrogen) atoms. The number of amides is 1. The predicted octanol–water partition coefficient (Wildman–Crippen LogP) is 5.81. The van der Waals surface area contributed by atoms with E-state index in [1.807, 2.05) is 63.2 Å². The minimum atomic E-state index is -0.820. The zero-order chi connectivity index (χ0) is 20.6. The van der Waals surface area contributed by atoms with Crippen LogP contribution in [0.2, 0.25) is 0 Å². The lowest BCUT2D eigenvalue weighted by Gasteiger charge is -2.27. The summed E-state index contributed by atoms with van der Waals surface area (Å²) in [6.07, 6.45) is 3.89. The van der Waals surface area contributed by atoms with Gasteiger partial charge in [0, 0.05) is 12.8 Å². The van der Waals surface area contributed by atoms with Gasteiger partial charge >= 0.3 is 0 Å². The standard InChI is InChI=1S/C24H33NO3/c1-6-7-11-14-24(4,27-5)23(26)25-21-15-18(2)22(19(3)16-21)28-17-20-12-9-8-10-13-20/h8-10,12-13,15-16H,6-7,11,14,17H2,1-5H3,(H,25,26). The van der Waals surface area contributed by atoms with Crippen molar-refractivity contribution in [1.29, 1.82) is 0 Å². The molecule has 0 fully saturated rings. The Hall–Kier alpha value is -2.33. The molecule has 0 aliphatic rings. The highest BCUT2D eigenvalue weighted by Crippen LogP contribution is 2.29. The van der Waals surface area contributed by atoms with Crippen LogP contribution in [0.1, 0.15) is 56.2 Å². The highest BCUT2D eigenvalue weighted by Gasteiger charge is 2.32. The molecule has 0 spiro atoms. The van der Waals surface area contributed by atoms with E-state index in [9.17, 15) is 4.79 Å². The number of methoxy groups -OCH3 is 1. The third-order valence-corrected chi connectivity index (χ3v) is 5.13. The molecule has 152 valence electrons. The number of hydrogen-bond donors (Lipinski definition) is 1. The van der Waals surface area contributed by atoms with Crippen LogP contribution in [0.3, 0.4) is 0 Å². The Labute approximate surface area is 169 Å². The molecule has 4 heteroatoms. The van der Waals surface area contributed by atoms with Gasteiger partial charge in [0.05, 0.1) is 0 Å². The van der Waals surface area contributed by atoms with E-state index >= 15 is 0 Å². The number of benzene rings is 2. The molecule has 0 radical (unpaired) electrons. The van der Waals surface area contributed by atoms with Crippen molar-refractivity contribution in [3.8, 4) is 5.75 Å². The molecule has 1 unspecified atom stereocenters. The molecule has 0 aliphatic heterocycles. The second kappa shape index (κ2) is 10.3. The molecule has 2 rings (SSSR count). The van der Waals surface area contributed by atoms with Crippen LogP contribution in [0.4, 0.5) is 5.69 Å². The van der Waals surface area contributed by atoms with Crippen LogP contribution >= 0.6 is 0 Å². The number of unbranched alkanes of at least 4 members (excludes halogenated alkanes) is 2. The van der Waals surface area contributed by atoms with Gasteiger partial charge < -0.3 is 14.8 Å². The molecule has 0 saturated heterocycles. The molecule has 4 nitrogen and oxygen atoms in total. The van der Waals surface area contributed by atoms with E-state index in [-0.39, 0.29) is 5.91 Å². The third-order valence-electron chi connectivity index (χ3n) is 5.13. The molecule has 0 saturated carbocycles. The van der Waals surface area contributed by atoms with Gasteiger partial charge in [0.25, 0.3) is 5.91 Å². The van der Waals surface area contributed by atoms with E-state index in [2.05, 4.69) is 12.2 Å². The monoisotopic (exact) mass is 383 g/mol. The molecule has 2 aromatic carbocycles. The van der Waals surface area contributed by atoms with Gasteiger partial charge in [-0.1, -0.05) is 56.5 Å². The van der Waals surface area contributed by atoms with E-state index in [0.29, 0.717) is 13.0 Å². The molecule has 1 N–H and O–H groups in total. The lowest BCUT2D eigenvalue weighted by Crippen LogP contribution is -2.42. The summed E-state index contributed by atoms with van der Waals surface area (Å²) in [4.78, 5) is 12.8. The van der Waals surface area contributed by atoms with Crippen LogP contribution in [-0.2, 0) is 16.1 Å². The Balaban J connectivity index is 2.07. The maximum atomic E-state index is 12.8. The second-order valence-electron chi connectivity index (χ2n) is 7.56. The molecule has 0 aromatic heterocycles. The van der Waals surface area contributed by atoms with Crippen molar-refractivity contribution in [2.75, 3.05) is 12.4 Å². The van der Waals surface area contributed by atoms with Crippen molar-refractivity contribution in [2.24, 2.45) is 0 Å². The summed E-state index contributed by atoms with van der Waals surface area (Å²) in [5.41, 5.74) is 3.07. The van der Waals surface area contributed by atoms with Crippen LogP contribution in [0.15, 0.2) is 42.5 Å². The summed E-state index contributed by atoms with van der Waals surface area (Å²) in [5.74, 6) is 0.752. The van der Waals surface area contributed by atoms with Gasteiger partial charge in [0.1, 0.15) is 18.0 Å². The summed E-state index contributed by atoms with van der Waals surface area (Å²) in [5, 5.41) is 3.02. The zero-order valence-electron chi connectivity index (χ0n) is 17.8. The van der Waals surface area contributed by atoms with Gasteiger partial charge in [-0.25, -0.2) is 0 Å². The van der Waals surface area contributed by atoms with Gasteiger partial charge in [-0.05, 0) is 56.0 Å². The fraction of sp³-hybridized carbons (Fsp3) is 0.458. The van der Waals surface area contributed by atoms with Crippen molar-refractivity contribution in [1.82, 2.24) is 0 Å². The number of hydrogen-bond acceptors (Lipinski definition) is 3. The fourth-order valence-electron chi connectivity index (χ4n) is 3.26. The van der Waals surface area contributed by atoms with Gasteiger partial charge in [0.2, 0.25) is 0 Å².